The molecule has 1 aromatic carbocycles. The molecule has 20 heavy (non-hydrogen) atoms. The lowest BCUT2D eigenvalue weighted by Gasteiger charge is -2.25. The first-order valence-electron chi connectivity index (χ1n) is 7.44. The van der Waals surface area contributed by atoms with Crippen molar-refractivity contribution in [3.63, 3.8) is 0 Å². The van der Waals surface area contributed by atoms with E-state index in [9.17, 15) is 4.79 Å². The maximum atomic E-state index is 12.5. The number of carbonyl (C=O) groups is 1. The Balaban J connectivity index is 1.63. The molecule has 1 saturated heterocycles. The van der Waals surface area contributed by atoms with Crippen LogP contribution < -0.4 is 5.32 Å². The Hall–Kier alpha value is -1.55. The molecule has 1 atom stereocenters. The number of nitrogens with zero attached hydrogens (tertiary/aromatic N) is 1. The molecule has 3 rings (SSSR count). The van der Waals surface area contributed by atoms with Crippen molar-refractivity contribution in [3.8, 4) is 0 Å². The van der Waals surface area contributed by atoms with Crippen LogP contribution >= 0.6 is 0 Å². The Labute approximate surface area is 120 Å². The number of nitrogens with one attached hydrogen (secondary N) is 1. The maximum Gasteiger partial charge on any atom is 0.322 e. The van der Waals surface area contributed by atoms with E-state index in [1.165, 1.54) is 0 Å². The summed E-state index contributed by atoms with van der Waals surface area (Å²) in [5, 5.41) is 3.02. The third-order valence-electron chi connectivity index (χ3n) is 4.00. The van der Waals surface area contributed by atoms with Gasteiger partial charge >= 0.3 is 6.03 Å². The largest absolute Gasteiger partial charge is 0.381 e. The van der Waals surface area contributed by atoms with Crippen LogP contribution in [0.4, 0.5) is 10.5 Å². The van der Waals surface area contributed by atoms with Gasteiger partial charge in [0.15, 0.2) is 0 Å². The van der Waals surface area contributed by atoms with Crippen molar-refractivity contribution in [3.05, 3.63) is 29.8 Å². The summed E-state index contributed by atoms with van der Waals surface area (Å²) in [6.07, 6.45) is 3.34. The van der Waals surface area contributed by atoms with Crippen molar-refractivity contribution < 1.29 is 9.53 Å². The van der Waals surface area contributed by atoms with E-state index in [0.29, 0.717) is 12.0 Å². The molecule has 1 aromatic rings. The highest BCUT2D eigenvalue weighted by molar-refractivity contribution is 5.89. The van der Waals surface area contributed by atoms with Gasteiger partial charge in [0.1, 0.15) is 0 Å². The second kappa shape index (κ2) is 5.83. The molecular formula is C16H22N2O2. The molecule has 1 unspecified atom stereocenters. The molecule has 1 aliphatic heterocycles. The topological polar surface area (TPSA) is 41.6 Å². The van der Waals surface area contributed by atoms with Gasteiger partial charge in [0.25, 0.3) is 0 Å². The first-order valence-corrected chi connectivity index (χ1v) is 7.44. The summed E-state index contributed by atoms with van der Waals surface area (Å²) < 4.78 is 5.41. The number of carbonyl (C=O) groups excluding carboxylic acids is 1. The van der Waals surface area contributed by atoms with Crippen molar-refractivity contribution in [2.45, 2.75) is 32.2 Å². The average molecular weight is 274 g/mol. The van der Waals surface area contributed by atoms with E-state index in [-0.39, 0.29) is 6.03 Å². The predicted octanol–water partition coefficient (Wildman–Crippen LogP) is 3.03. The van der Waals surface area contributed by atoms with Crippen LogP contribution in [0.5, 0.6) is 0 Å². The first-order chi connectivity index (χ1) is 9.72. The highest BCUT2D eigenvalue weighted by Gasteiger charge is 2.34. The molecule has 1 aliphatic carbocycles. The Morgan fingerprint density at radius 3 is 2.90 bits per heavy atom. The number of ether oxygens (including phenoxy) is 1. The Bertz CT molecular complexity index is 479. The van der Waals surface area contributed by atoms with Crippen LogP contribution in [0.2, 0.25) is 0 Å². The average Bonchev–Trinajstić information content (AvgIpc) is 3.12. The zero-order valence-electron chi connectivity index (χ0n) is 12.0. The third-order valence-corrected chi connectivity index (χ3v) is 4.00. The van der Waals surface area contributed by atoms with E-state index in [1.807, 2.05) is 36.1 Å². The first kappa shape index (κ1) is 13.4. The van der Waals surface area contributed by atoms with Gasteiger partial charge < -0.3 is 15.0 Å². The number of aryl methyl sites for hydroxylation is 1. The van der Waals surface area contributed by atoms with Crippen LogP contribution in [0.3, 0.4) is 0 Å². The Morgan fingerprint density at radius 2 is 2.25 bits per heavy atom. The molecule has 2 aliphatic rings. The van der Waals surface area contributed by atoms with Crippen molar-refractivity contribution in [2.24, 2.45) is 5.92 Å². The fourth-order valence-corrected chi connectivity index (χ4v) is 2.71. The fourth-order valence-electron chi connectivity index (χ4n) is 2.71. The Kier molecular flexibility index (Phi) is 3.92. The van der Waals surface area contributed by atoms with E-state index >= 15 is 0 Å². The van der Waals surface area contributed by atoms with Crippen LogP contribution in [0.25, 0.3) is 0 Å². The van der Waals surface area contributed by atoms with Gasteiger partial charge in [-0.05, 0) is 43.9 Å². The standard InChI is InChI=1S/C16H22N2O2/c1-12-3-2-4-14(9-12)17-16(19)18(15-5-6-15)10-13-7-8-20-11-13/h2-4,9,13,15H,5-8,10-11H2,1H3,(H,17,19). The molecule has 1 saturated carbocycles. The van der Waals surface area contributed by atoms with Gasteiger partial charge in [0.2, 0.25) is 0 Å². The van der Waals surface area contributed by atoms with Gasteiger partial charge in [-0.2, -0.15) is 0 Å². The summed E-state index contributed by atoms with van der Waals surface area (Å²) in [5.74, 6) is 0.499. The third kappa shape index (κ3) is 3.31. The van der Waals surface area contributed by atoms with Crippen molar-refractivity contribution in [1.82, 2.24) is 4.90 Å². The van der Waals surface area contributed by atoms with Crippen LogP contribution in [0.1, 0.15) is 24.8 Å². The van der Waals surface area contributed by atoms with E-state index in [0.717, 1.165) is 50.3 Å². The lowest BCUT2D eigenvalue weighted by Crippen LogP contribution is -2.40. The van der Waals surface area contributed by atoms with Crippen molar-refractivity contribution in [2.75, 3.05) is 25.1 Å². The fraction of sp³-hybridized carbons (Fsp3) is 0.562. The number of benzene rings is 1. The SMILES string of the molecule is Cc1cccc(NC(=O)N(CC2CCOC2)C2CC2)c1. The van der Waals surface area contributed by atoms with E-state index in [1.54, 1.807) is 0 Å². The van der Waals surface area contributed by atoms with Gasteiger partial charge in [-0.1, -0.05) is 12.1 Å². The predicted molar refractivity (Wildman–Crippen MR) is 78.9 cm³/mol. The van der Waals surface area contributed by atoms with Crippen LogP contribution in [0, 0.1) is 12.8 Å². The van der Waals surface area contributed by atoms with Crippen molar-refractivity contribution >= 4 is 11.7 Å². The number of amides is 2. The minimum absolute atomic E-state index is 0.0324. The lowest BCUT2D eigenvalue weighted by molar-refractivity contribution is 0.167. The number of anilines is 1. The van der Waals surface area contributed by atoms with Gasteiger partial charge in [-0.15, -0.1) is 0 Å². The van der Waals surface area contributed by atoms with Gasteiger partial charge in [0.05, 0.1) is 6.61 Å². The van der Waals surface area contributed by atoms with Crippen LogP contribution in [-0.4, -0.2) is 36.7 Å². The molecule has 0 spiro atoms. The molecule has 108 valence electrons. The molecule has 0 radical (unpaired) electrons. The summed E-state index contributed by atoms with van der Waals surface area (Å²) >= 11 is 0. The summed E-state index contributed by atoms with van der Waals surface area (Å²) in [6.45, 7) is 4.48. The molecule has 0 aromatic heterocycles. The molecule has 1 heterocycles. The normalized spacial score (nSPS) is 21.8. The zero-order valence-corrected chi connectivity index (χ0v) is 12.0. The quantitative estimate of drug-likeness (QED) is 0.917. The lowest BCUT2D eigenvalue weighted by atomic mass is 10.1. The van der Waals surface area contributed by atoms with E-state index in [4.69, 9.17) is 4.74 Å². The zero-order chi connectivity index (χ0) is 13.9. The molecule has 4 nitrogen and oxygen atoms in total. The second-order valence-corrected chi connectivity index (χ2v) is 5.91. The maximum absolute atomic E-state index is 12.5. The highest BCUT2D eigenvalue weighted by Crippen LogP contribution is 2.29. The minimum Gasteiger partial charge on any atom is -0.381 e. The molecule has 2 fully saturated rings. The summed E-state index contributed by atoms with van der Waals surface area (Å²) in [6, 6.07) is 8.41. The number of hydrogen-bond donors (Lipinski definition) is 1. The number of rotatable bonds is 4. The van der Waals surface area contributed by atoms with E-state index in [2.05, 4.69) is 5.32 Å². The molecular weight excluding hydrogens is 252 g/mol. The Morgan fingerprint density at radius 1 is 1.40 bits per heavy atom. The molecule has 1 N–H and O–H groups in total. The van der Waals surface area contributed by atoms with E-state index < -0.39 is 0 Å². The summed E-state index contributed by atoms with van der Waals surface area (Å²) in [7, 11) is 0. The molecule has 0 bridgehead atoms. The summed E-state index contributed by atoms with van der Waals surface area (Å²) in [5.41, 5.74) is 2.04. The molecule has 2 amide bonds. The highest BCUT2D eigenvalue weighted by atomic mass is 16.5. The monoisotopic (exact) mass is 274 g/mol. The second-order valence-electron chi connectivity index (χ2n) is 5.91. The van der Waals surface area contributed by atoms with Crippen LogP contribution in [-0.2, 0) is 4.74 Å². The molecule has 4 heteroatoms. The van der Waals surface area contributed by atoms with Crippen LogP contribution in [0.15, 0.2) is 24.3 Å². The number of hydrogen-bond acceptors (Lipinski definition) is 2. The smallest absolute Gasteiger partial charge is 0.322 e. The van der Waals surface area contributed by atoms with Gasteiger partial charge in [-0.3, -0.25) is 0 Å². The van der Waals surface area contributed by atoms with Crippen molar-refractivity contribution in [1.29, 1.82) is 0 Å². The number of urea groups is 1. The van der Waals surface area contributed by atoms with Gasteiger partial charge in [-0.25, -0.2) is 4.79 Å². The van der Waals surface area contributed by atoms with Gasteiger partial charge in [0, 0.05) is 30.8 Å². The summed E-state index contributed by atoms with van der Waals surface area (Å²) in [4.78, 5) is 14.5. The minimum atomic E-state index is 0.0324.